The molecule has 23 heavy (non-hydrogen) atoms. The van der Waals surface area contributed by atoms with E-state index >= 15 is 0 Å². The topological polar surface area (TPSA) is 4.93 Å². The second-order valence-corrected chi connectivity index (χ2v) is 8.31. The number of fused-ring (bicyclic) bond motifs is 2. The van der Waals surface area contributed by atoms with Gasteiger partial charge in [-0.3, -0.25) is 0 Å². The van der Waals surface area contributed by atoms with Gasteiger partial charge < -0.3 is 4.57 Å². The van der Waals surface area contributed by atoms with Crippen molar-refractivity contribution in [1.82, 2.24) is 4.57 Å². The first-order chi connectivity index (χ1) is 11.2. The third-order valence-electron chi connectivity index (χ3n) is 4.48. The summed E-state index contributed by atoms with van der Waals surface area (Å²) in [7, 11) is 0. The molecule has 4 bridgehead atoms. The third kappa shape index (κ3) is 2.04. The van der Waals surface area contributed by atoms with Crippen LogP contribution < -0.4 is 0 Å². The molecule has 112 valence electrons. The van der Waals surface area contributed by atoms with Gasteiger partial charge in [0, 0.05) is 15.4 Å². The monoisotopic (exact) mass is 399 g/mol. The average Bonchev–Trinajstić information content (AvgIpc) is 3.19. The Morgan fingerprint density at radius 1 is 1.00 bits per heavy atom. The number of hydrogen-bond acceptors (Lipinski definition) is 1. The van der Waals surface area contributed by atoms with Gasteiger partial charge in [-0.1, -0.05) is 39.7 Å². The summed E-state index contributed by atoms with van der Waals surface area (Å²) in [5.41, 5.74) is 5.13. The fourth-order valence-electron chi connectivity index (χ4n) is 3.40. The molecule has 2 aromatic carbocycles. The van der Waals surface area contributed by atoms with E-state index < -0.39 is 0 Å². The lowest BCUT2D eigenvalue weighted by Gasteiger charge is -2.12. The molecule has 6 rings (SSSR count). The van der Waals surface area contributed by atoms with Crippen molar-refractivity contribution in [2.24, 2.45) is 0 Å². The van der Waals surface area contributed by atoms with Crippen LogP contribution in [0.25, 0.3) is 26.8 Å². The van der Waals surface area contributed by atoms with Crippen LogP contribution in [0.5, 0.6) is 0 Å². The molecule has 0 unspecified atom stereocenters. The highest BCUT2D eigenvalue weighted by molar-refractivity contribution is 9.10. The molecule has 5 aromatic rings. The van der Waals surface area contributed by atoms with E-state index in [9.17, 15) is 0 Å². The van der Waals surface area contributed by atoms with Gasteiger partial charge in [0.2, 0.25) is 0 Å². The smallest absolute Gasteiger partial charge is 0.101 e. The van der Waals surface area contributed by atoms with E-state index in [1.807, 2.05) is 6.07 Å². The summed E-state index contributed by atoms with van der Waals surface area (Å²) in [6.45, 7) is 0. The lowest BCUT2D eigenvalue weighted by atomic mass is 10.1. The zero-order chi connectivity index (χ0) is 15.6. The number of benzene rings is 2. The molecule has 1 nitrogen and oxygen atoms in total. The maximum atomic E-state index is 6.20. The highest BCUT2D eigenvalue weighted by Crippen LogP contribution is 2.37. The summed E-state index contributed by atoms with van der Waals surface area (Å²) in [4.78, 5) is 0. The number of hydrogen-bond donors (Lipinski definition) is 0. The van der Waals surface area contributed by atoms with Crippen LogP contribution in [0.3, 0.4) is 0 Å². The van der Waals surface area contributed by atoms with Crippen molar-refractivity contribution in [3.8, 4) is 5.00 Å². The number of rotatable bonds is 1. The van der Waals surface area contributed by atoms with Crippen molar-refractivity contribution in [1.29, 1.82) is 0 Å². The Balaban J connectivity index is 2.07. The zero-order valence-corrected chi connectivity index (χ0v) is 15.2. The van der Waals surface area contributed by atoms with Crippen molar-refractivity contribution in [3.05, 3.63) is 74.5 Å². The minimum Gasteiger partial charge on any atom is -0.301 e. The van der Waals surface area contributed by atoms with Gasteiger partial charge in [0.15, 0.2) is 0 Å². The van der Waals surface area contributed by atoms with E-state index in [2.05, 4.69) is 69.0 Å². The summed E-state index contributed by atoms with van der Waals surface area (Å²) in [5, 5.41) is 3.74. The van der Waals surface area contributed by atoms with Gasteiger partial charge in [-0.05, 0) is 65.4 Å². The first-order valence-corrected chi connectivity index (χ1v) is 9.37. The molecule has 0 spiro atoms. The number of thiophene rings is 1. The third-order valence-corrected chi connectivity index (χ3v) is 6.44. The van der Waals surface area contributed by atoms with Gasteiger partial charge >= 0.3 is 0 Å². The van der Waals surface area contributed by atoms with Crippen molar-refractivity contribution in [2.45, 2.75) is 6.42 Å². The van der Waals surface area contributed by atoms with Crippen molar-refractivity contribution >= 4 is 60.7 Å². The van der Waals surface area contributed by atoms with Crippen LogP contribution in [0.2, 0.25) is 4.34 Å². The van der Waals surface area contributed by atoms with Crippen LogP contribution in [0.15, 0.2) is 59.1 Å². The molecule has 0 amide bonds. The average molecular weight is 401 g/mol. The Kier molecular flexibility index (Phi) is 2.99. The molecule has 0 radical (unpaired) electrons. The van der Waals surface area contributed by atoms with E-state index in [0.717, 1.165) is 15.8 Å². The highest BCUT2D eigenvalue weighted by Gasteiger charge is 2.17. The number of halogens is 2. The molecule has 1 aliphatic carbocycles. The predicted octanol–water partition coefficient (Wildman–Crippen LogP) is 6.73. The molecule has 0 saturated heterocycles. The van der Waals surface area contributed by atoms with Crippen LogP contribution in [0.1, 0.15) is 11.1 Å². The van der Waals surface area contributed by atoms with Gasteiger partial charge in [-0.15, -0.1) is 11.3 Å². The Labute approximate surface area is 150 Å². The Bertz CT molecular complexity index is 1100. The van der Waals surface area contributed by atoms with E-state index in [1.165, 1.54) is 37.4 Å². The Morgan fingerprint density at radius 2 is 1.83 bits per heavy atom. The standard InChI is InChI=1S/C19H11BrClNS/c20-16-5-6-17-15-10-12(9-14(15)16)11-1-3-13(4-2-11)22(17)19-8-7-18(21)23-19/h1-8,10H,9H2. The molecule has 3 heterocycles. The maximum absolute atomic E-state index is 6.20. The van der Waals surface area contributed by atoms with Crippen molar-refractivity contribution < 1.29 is 0 Å². The summed E-state index contributed by atoms with van der Waals surface area (Å²) in [6.07, 6.45) is 0.974. The molecule has 4 heteroatoms. The van der Waals surface area contributed by atoms with Crippen LogP contribution in [0.4, 0.5) is 0 Å². The van der Waals surface area contributed by atoms with Crippen molar-refractivity contribution in [2.75, 3.05) is 0 Å². The maximum Gasteiger partial charge on any atom is 0.101 e. The number of nitrogens with zero attached hydrogens (tertiary/aromatic N) is 1. The van der Waals surface area contributed by atoms with E-state index in [4.69, 9.17) is 11.6 Å². The van der Waals surface area contributed by atoms with Crippen LogP contribution >= 0.6 is 38.9 Å². The van der Waals surface area contributed by atoms with Crippen LogP contribution in [0, 0.1) is 0 Å². The summed E-state index contributed by atoms with van der Waals surface area (Å²) in [5.74, 6) is 0. The predicted molar refractivity (Wildman–Crippen MR) is 103 cm³/mol. The Hall–Kier alpha value is -1.55. The van der Waals surface area contributed by atoms with E-state index in [0.29, 0.717) is 0 Å². The SMILES string of the molecule is Clc1ccc(-n2c3ccc(cc3)c3cc4c(c(Br)ccc42)C3)s1. The highest BCUT2D eigenvalue weighted by atomic mass is 79.9. The fourth-order valence-corrected chi connectivity index (χ4v) is 4.95. The summed E-state index contributed by atoms with van der Waals surface area (Å²) >= 11 is 11.5. The van der Waals surface area contributed by atoms with Gasteiger partial charge in [0.1, 0.15) is 5.00 Å². The molecule has 0 fully saturated rings. The summed E-state index contributed by atoms with van der Waals surface area (Å²) in [6, 6.07) is 19.5. The molecular weight excluding hydrogens is 390 g/mol. The largest absolute Gasteiger partial charge is 0.301 e. The lowest BCUT2D eigenvalue weighted by Crippen LogP contribution is -1.96. The minimum atomic E-state index is 0.807. The van der Waals surface area contributed by atoms with Gasteiger partial charge in [-0.25, -0.2) is 0 Å². The molecule has 0 atom stereocenters. The van der Waals surface area contributed by atoms with Crippen molar-refractivity contribution in [3.63, 3.8) is 0 Å². The molecule has 1 aliphatic rings. The minimum absolute atomic E-state index is 0.807. The second kappa shape index (κ2) is 4.97. The Morgan fingerprint density at radius 3 is 2.57 bits per heavy atom. The molecule has 0 N–H and O–H groups in total. The van der Waals surface area contributed by atoms with E-state index in [-0.39, 0.29) is 0 Å². The normalized spacial score (nSPS) is 12.6. The quantitative estimate of drug-likeness (QED) is 0.294. The molecule has 3 aromatic heterocycles. The second-order valence-electron chi connectivity index (χ2n) is 5.77. The van der Waals surface area contributed by atoms with E-state index in [1.54, 1.807) is 11.3 Å². The molecular formula is C19H11BrClNS. The van der Waals surface area contributed by atoms with Crippen LogP contribution in [-0.2, 0) is 6.42 Å². The van der Waals surface area contributed by atoms with Crippen LogP contribution in [-0.4, -0.2) is 4.57 Å². The first kappa shape index (κ1) is 13.8. The zero-order valence-electron chi connectivity index (χ0n) is 12.0. The number of aromatic nitrogens is 1. The molecule has 0 aliphatic heterocycles. The van der Waals surface area contributed by atoms with Gasteiger partial charge in [0.05, 0.1) is 9.85 Å². The fraction of sp³-hybridized carbons (Fsp3) is 0.0526. The summed E-state index contributed by atoms with van der Waals surface area (Å²) < 4.78 is 4.29. The molecule has 0 saturated carbocycles. The van der Waals surface area contributed by atoms with Gasteiger partial charge in [0.25, 0.3) is 0 Å². The lowest BCUT2D eigenvalue weighted by molar-refractivity contribution is 1.19. The first-order valence-electron chi connectivity index (χ1n) is 7.38. The van der Waals surface area contributed by atoms with Gasteiger partial charge in [-0.2, -0.15) is 0 Å².